The first-order chi connectivity index (χ1) is 37.9. The molecule has 0 bridgehead atoms. The number of imide groups is 1. The van der Waals surface area contributed by atoms with Crippen LogP contribution in [0.25, 0.3) is 37.4 Å². The Morgan fingerprint density at radius 1 is 0.899 bits per heavy atom. The Morgan fingerprint density at radius 3 is 2.29 bits per heavy atom. The van der Waals surface area contributed by atoms with Crippen LogP contribution in [0.15, 0.2) is 89.5 Å². The molecule has 3 atom stereocenters. The van der Waals surface area contributed by atoms with E-state index in [1.165, 1.54) is 44.1 Å². The number of carbonyl (C=O) groups excluding carboxylic acids is 4. The number of benzene rings is 1. The van der Waals surface area contributed by atoms with Gasteiger partial charge < -0.3 is 32.4 Å². The summed E-state index contributed by atoms with van der Waals surface area (Å²) in [6.45, 7) is 19.9. The lowest BCUT2D eigenvalue weighted by atomic mass is 9.97. The molecule has 3 aliphatic rings. The molecule has 22 heteroatoms. The molecular weight excluding hydrogens is 1080 g/mol. The van der Waals surface area contributed by atoms with E-state index < -0.39 is 11.8 Å². The van der Waals surface area contributed by atoms with Crippen molar-refractivity contribution in [1.29, 1.82) is 0 Å². The Bertz CT molecular complexity index is 3590. The molecule has 18 nitrogen and oxygen atoms in total. The summed E-state index contributed by atoms with van der Waals surface area (Å²) in [5, 5.41) is 14.7. The number of rotatable bonds is 17. The lowest BCUT2D eigenvalue weighted by Gasteiger charge is -2.31. The first-order valence-corrected chi connectivity index (χ1v) is 29.0. The third kappa shape index (κ3) is 13.8. The van der Waals surface area contributed by atoms with Crippen molar-refractivity contribution in [2.75, 3.05) is 32.7 Å². The lowest BCUT2D eigenvalue weighted by Crippen LogP contribution is -2.48. The summed E-state index contributed by atoms with van der Waals surface area (Å²) in [5.74, 6) is -0.614. The highest BCUT2D eigenvalue weighted by Crippen LogP contribution is 2.48. The number of piperidine rings is 1. The Morgan fingerprint density at radius 2 is 1.59 bits per heavy atom. The van der Waals surface area contributed by atoms with Crippen LogP contribution in [0.1, 0.15) is 77.6 Å². The second-order valence-corrected chi connectivity index (χ2v) is 23.1. The fraction of sp³-hybridized carbons (Fsp3) is 0.386. The first kappa shape index (κ1) is 58.3. The molecule has 3 unspecified atom stereocenters. The van der Waals surface area contributed by atoms with E-state index in [1.807, 2.05) is 81.2 Å². The van der Waals surface area contributed by atoms with E-state index in [0.717, 1.165) is 80.4 Å². The van der Waals surface area contributed by atoms with Gasteiger partial charge in [0.15, 0.2) is 4.77 Å². The van der Waals surface area contributed by atoms with Crippen LogP contribution in [-0.4, -0.2) is 101 Å². The number of fused-ring (bicyclic) bond motifs is 3. The molecule has 8 N–H and O–H groups in total. The van der Waals surface area contributed by atoms with Crippen molar-refractivity contribution in [3.63, 3.8) is 0 Å². The van der Waals surface area contributed by atoms with Gasteiger partial charge in [0, 0.05) is 96.3 Å². The maximum absolute atomic E-state index is 13.6. The Kier molecular flexibility index (Phi) is 19.1. The summed E-state index contributed by atoms with van der Waals surface area (Å²) >= 11 is 14.9. The van der Waals surface area contributed by atoms with Gasteiger partial charge in [-0.05, 0) is 149 Å². The van der Waals surface area contributed by atoms with Crippen molar-refractivity contribution in [3.8, 4) is 16.9 Å². The average Bonchev–Trinajstić information content (AvgIpc) is 3.78. The largest absolute Gasteiger partial charge is 0.394 e. The molecule has 3 fully saturated rings. The zero-order valence-corrected chi connectivity index (χ0v) is 48.8. The lowest BCUT2D eigenvalue weighted by molar-refractivity contribution is -0.142. The number of hydrogen-bond donors (Lipinski definition) is 6. The molecule has 1 aliphatic carbocycles. The second-order valence-electron chi connectivity index (χ2n) is 19.9. The monoisotopic (exact) mass is 1150 g/mol. The molecule has 6 aromatic heterocycles. The Hall–Kier alpha value is -6.88. The molecule has 8 heterocycles. The molecule has 4 amide bonds. The SMILES string of the molecule is CC.Cc1cc(Cl)cc(-c2ccnc3cc(CN4C(=O)C5CC5C4=O)sc23)c1C.Cc1ccnc(-n2c(=S)[nH]c3sc(C)c(CCCNC(=O)/C(N)=C/C=C(\N)C(=O)NCCCn4cc(CN5CCNC(C)C5)cn4)c3c2=O)c1. The molecule has 2 saturated heterocycles. The fourth-order valence-electron chi connectivity index (χ4n) is 9.81. The number of thiophene rings is 2. The molecule has 0 radical (unpaired) electrons. The van der Waals surface area contributed by atoms with Gasteiger partial charge >= 0.3 is 0 Å². The van der Waals surface area contributed by atoms with Gasteiger partial charge in [-0.3, -0.25) is 43.4 Å². The Labute approximate surface area is 477 Å². The minimum Gasteiger partial charge on any atom is -0.394 e. The molecule has 10 rings (SSSR count). The number of hydrogen-bond acceptors (Lipinski definition) is 15. The summed E-state index contributed by atoms with van der Waals surface area (Å²) in [7, 11) is 0. The van der Waals surface area contributed by atoms with Crippen LogP contribution in [0.2, 0.25) is 5.02 Å². The van der Waals surface area contributed by atoms with Gasteiger partial charge in [0.25, 0.3) is 17.4 Å². The maximum atomic E-state index is 13.6. The molecule has 0 spiro atoms. The van der Waals surface area contributed by atoms with E-state index >= 15 is 0 Å². The van der Waals surface area contributed by atoms with E-state index in [0.29, 0.717) is 72.5 Å². The van der Waals surface area contributed by atoms with E-state index in [9.17, 15) is 24.0 Å². The number of nitrogens with zero attached hydrogens (tertiary/aromatic N) is 7. The molecule has 416 valence electrons. The van der Waals surface area contributed by atoms with Crippen molar-refractivity contribution >= 4 is 90.6 Å². The summed E-state index contributed by atoms with van der Waals surface area (Å²) in [6, 6.07) is 12.1. The van der Waals surface area contributed by atoms with Gasteiger partial charge in [-0.25, -0.2) is 9.55 Å². The van der Waals surface area contributed by atoms with E-state index in [4.69, 9.17) is 35.3 Å². The highest BCUT2D eigenvalue weighted by atomic mass is 35.5. The predicted molar refractivity (Wildman–Crippen MR) is 316 cm³/mol. The van der Waals surface area contributed by atoms with Crippen LogP contribution >= 0.6 is 46.5 Å². The van der Waals surface area contributed by atoms with Crippen molar-refractivity contribution < 1.29 is 19.2 Å². The summed E-state index contributed by atoms with van der Waals surface area (Å²) in [6.07, 6.45) is 12.6. The van der Waals surface area contributed by atoms with Gasteiger partial charge in [-0.15, -0.1) is 22.7 Å². The van der Waals surface area contributed by atoms with Gasteiger partial charge in [0.1, 0.15) is 10.6 Å². The second kappa shape index (κ2) is 25.9. The summed E-state index contributed by atoms with van der Waals surface area (Å²) in [4.78, 5) is 81.7. The molecule has 2 aliphatic heterocycles. The van der Waals surface area contributed by atoms with Crippen LogP contribution in [0, 0.1) is 44.3 Å². The average molecular weight is 1150 g/mol. The van der Waals surface area contributed by atoms with Gasteiger partial charge in [0.2, 0.25) is 11.8 Å². The van der Waals surface area contributed by atoms with Crippen molar-refractivity contribution in [2.24, 2.45) is 23.3 Å². The topological polar surface area (TPSA) is 244 Å². The van der Waals surface area contributed by atoms with E-state index in [1.54, 1.807) is 23.7 Å². The summed E-state index contributed by atoms with van der Waals surface area (Å²) < 4.78 is 4.64. The number of aromatic amines is 1. The van der Waals surface area contributed by atoms with Gasteiger partial charge in [-0.2, -0.15) is 5.10 Å². The number of amides is 4. The molecule has 1 saturated carbocycles. The highest BCUT2D eigenvalue weighted by Gasteiger charge is 2.58. The Balaban J connectivity index is 0.000000236. The standard InChI is InChI=1S/C34H45N11O3S2.C21H17ClN2O2S.C2H6/c1-21-9-12-38-28(16-21)45-33(48)29-25(23(3)50-32(29)42-34(45)49)6-4-10-39-30(46)26(35)7-8-27(36)31(47)40-11-5-14-44-20-24(17-41-44)19-43-15-13-37-22(2)18-43;1-10-5-12(22)6-15(11(10)2)14-3-4-23-18-7-13(27-19(14)18)9-24-20(25)16-8-17(16)21(24)26;1-2/h7-9,12,16-17,20,22,37H,4-6,10-11,13-15,18-19,35-36H2,1-3H3,(H,39,46)(H,40,47)(H,42,49);3-7,16-17H,8-9H2,1-2H3;1-2H3/b26-7-,27-8-;;. The minimum atomic E-state index is -0.483. The predicted octanol–water partition coefficient (Wildman–Crippen LogP) is 7.82. The van der Waals surface area contributed by atoms with Crippen LogP contribution in [0.3, 0.4) is 0 Å². The molecular formula is C57H68ClN13O5S3. The zero-order valence-electron chi connectivity index (χ0n) is 45.6. The zero-order chi connectivity index (χ0) is 56.7. The van der Waals surface area contributed by atoms with Crippen LogP contribution < -0.4 is 33.0 Å². The fourth-order valence-corrected chi connectivity index (χ4v) is 12.6. The number of aryl methyl sites for hydroxylation is 5. The van der Waals surface area contributed by atoms with Crippen molar-refractivity contribution in [1.82, 2.24) is 55.0 Å². The summed E-state index contributed by atoms with van der Waals surface area (Å²) in [5.41, 5.74) is 19.9. The number of piperazine rings is 1. The number of H-pyrrole nitrogens is 1. The number of pyridine rings is 2. The van der Waals surface area contributed by atoms with Crippen LogP contribution in [-0.2, 0) is 45.2 Å². The number of nitrogens with two attached hydrogens (primary N) is 2. The van der Waals surface area contributed by atoms with Gasteiger partial charge in [-0.1, -0.05) is 25.4 Å². The molecule has 79 heavy (non-hydrogen) atoms. The number of likely N-dealkylation sites (tertiary alicyclic amines) is 1. The number of allylic oxidation sites excluding steroid dienone is 2. The first-order valence-electron chi connectivity index (χ1n) is 26.6. The normalized spacial score (nSPS) is 17.3. The third-order valence-corrected chi connectivity index (χ3v) is 16.8. The number of nitrogens with one attached hydrogen (secondary N) is 4. The molecule has 1 aromatic carbocycles. The van der Waals surface area contributed by atoms with Crippen molar-refractivity contribution in [2.45, 2.75) is 99.8 Å². The number of aromatic nitrogens is 6. The number of carbonyl (C=O) groups is 4. The maximum Gasteiger partial charge on any atom is 0.269 e. The van der Waals surface area contributed by atoms with Gasteiger partial charge in [0.05, 0.1) is 51.6 Å². The van der Waals surface area contributed by atoms with Crippen LogP contribution in [0.5, 0.6) is 0 Å². The van der Waals surface area contributed by atoms with E-state index in [-0.39, 0.29) is 45.4 Å². The minimum absolute atomic E-state index is 0.0167. The van der Waals surface area contributed by atoms with Crippen LogP contribution in [0.4, 0.5) is 0 Å². The number of halogens is 1. The third-order valence-electron chi connectivity index (χ3n) is 14.1. The quantitative estimate of drug-likeness (QED) is 0.0168. The smallest absolute Gasteiger partial charge is 0.269 e. The van der Waals surface area contributed by atoms with Crippen molar-refractivity contribution in [3.05, 3.63) is 142 Å². The molecule has 7 aromatic rings. The highest BCUT2D eigenvalue weighted by molar-refractivity contribution is 7.71. The van der Waals surface area contributed by atoms with E-state index in [2.05, 4.69) is 61.7 Å².